The molecule has 0 radical (unpaired) electrons. The van der Waals surface area contributed by atoms with Gasteiger partial charge in [0.2, 0.25) is 0 Å². The summed E-state index contributed by atoms with van der Waals surface area (Å²) in [7, 11) is 2.20. The largest absolute Gasteiger partial charge is 0.491 e. The Morgan fingerprint density at radius 3 is 2.54 bits per heavy atom. The first-order chi connectivity index (χ1) is 5.84. The van der Waals surface area contributed by atoms with Crippen molar-refractivity contribution in [1.29, 1.82) is 0 Å². The minimum absolute atomic E-state index is 0. The first kappa shape index (κ1) is 12.7. The van der Waals surface area contributed by atoms with Crippen LogP contribution in [0.1, 0.15) is 5.56 Å². The molecule has 0 aliphatic heterocycles. The summed E-state index contributed by atoms with van der Waals surface area (Å²) in [5.74, 6) is 0.930. The van der Waals surface area contributed by atoms with Crippen LogP contribution < -0.4 is 4.74 Å². The van der Waals surface area contributed by atoms with Crippen molar-refractivity contribution in [3.8, 4) is 5.75 Å². The Balaban J connectivity index is 0.00000144. The zero-order valence-electron chi connectivity index (χ0n) is 7.53. The van der Waals surface area contributed by atoms with Gasteiger partial charge in [-0.25, -0.2) is 0 Å². The number of hydrogen-bond donors (Lipinski definition) is 0. The monoisotopic (exact) mass is 220 g/mol. The lowest BCUT2D eigenvalue weighted by molar-refractivity contribution is 0.237. The Morgan fingerprint density at radius 1 is 1.23 bits per heavy atom. The molecule has 0 N–H and O–H groups in total. The van der Waals surface area contributed by atoms with E-state index in [2.05, 4.69) is 9.47 Å². The third-order valence-corrected chi connectivity index (χ3v) is 1.79. The molecule has 1 atom stereocenters. The molecule has 0 saturated carbocycles. The molecule has 1 aromatic carbocycles. The van der Waals surface area contributed by atoms with E-state index in [1.165, 1.54) is 0 Å². The number of benzene rings is 1. The van der Waals surface area contributed by atoms with Gasteiger partial charge < -0.3 is 9.26 Å². The van der Waals surface area contributed by atoms with Crippen LogP contribution in [-0.2, 0) is 4.52 Å². The second-order valence-electron chi connectivity index (χ2n) is 2.48. The van der Waals surface area contributed by atoms with Crippen LogP contribution in [0.3, 0.4) is 0 Å². The van der Waals surface area contributed by atoms with Crippen LogP contribution in [0.5, 0.6) is 5.75 Å². The van der Waals surface area contributed by atoms with Gasteiger partial charge >= 0.3 is 0 Å². The second kappa shape index (κ2) is 7.14. The Bertz CT molecular complexity index is 243. The molecule has 0 fully saturated rings. The summed E-state index contributed by atoms with van der Waals surface area (Å²) in [5.41, 5.74) is 1.15. The molecule has 0 heterocycles. The molecule has 1 aromatic rings. The number of halogens is 1. The van der Waals surface area contributed by atoms with Crippen LogP contribution in [0.15, 0.2) is 24.3 Å². The maximum atomic E-state index is 5.44. The Kier molecular flexibility index (Phi) is 6.97. The van der Waals surface area contributed by atoms with Crippen LogP contribution >= 0.6 is 21.9 Å². The molecule has 0 aromatic heterocycles. The van der Waals surface area contributed by atoms with E-state index in [0.717, 1.165) is 11.3 Å². The van der Waals surface area contributed by atoms with Crippen molar-refractivity contribution in [2.75, 3.05) is 13.2 Å². The average molecular weight is 221 g/mol. The molecular weight excluding hydrogens is 207 g/mol. The number of ether oxygens (including phenoxy) is 1. The second-order valence-corrected chi connectivity index (χ2v) is 2.82. The van der Waals surface area contributed by atoms with E-state index in [0.29, 0.717) is 13.2 Å². The lowest BCUT2D eigenvalue weighted by Crippen LogP contribution is -2.03. The van der Waals surface area contributed by atoms with Crippen LogP contribution in [-0.4, -0.2) is 13.2 Å². The van der Waals surface area contributed by atoms with Crippen molar-refractivity contribution in [2.45, 2.75) is 6.92 Å². The van der Waals surface area contributed by atoms with Gasteiger partial charge in [-0.1, -0.05) is 18.2 Å². The highest BCUT2D eigenvalue weighted by Crippen LogP contribution is 2.15. The van der Waals surface area contributed by atoms with E-state index in [1.807, 2.05) is 31.2 Å². The summed E-state index contributed by atoms with van der Waals surface area (Å²) in [4.78, 5) is 0. The number of aryl methyl sites for hydroxylation is 1. The normalized spacial score (nSPS) is 9.08. The van der Waals surface area contributed by atoms with Crippen LogP contribution in [0.2, 0.25) is 0 Å². The van der Waals surface area contributed by atoms with Gasteiger partial charge in [0.15, 0.2) is 0 Å². The zero-order valence-corrected chi connectivity index (χ0v) is 9.50. The summed E-state index contributed by atoms with van der Waals surface area (Å²) >= 11 is 0. The van der Waals surface area contributed by atoms with Crippen molar-refractivity contribution in [3.05, 3.63) is 29.8 Å². The van der Waals surface area contributed by atoms with E-state index in [9.17, 15) is 0 Å². The van der Waals surface area contributed by atoms with Crippen LogP contribution in [0.25, 0.3) is 0 Å². The average Bonchev–Trinajstić information content (AvgIpc) is 2.09. The fourth-order valence-corrected chi connectivity index (χ4v) is 1.01. The summed E-state index contributed by atoms with van der Waals surface area (Å²) in [5, 5.41) is 0. The molecule has 0 bridgehead atoms. The van der Waals surface area contributed by atoms with Crippen molar-refractivity contribution >= 4 is 21.9 Å². The van der Waals surface area contributed by atoms with Crippen molar-refractivity contribution in [1.82, 2.24) is 0 Å². The Morgan fingerprint density at radius 2 is 1.92 bits per heavy atom. The van der Waals surface area contributed by atoms with E-state index in [1.54, 1.807) is 0 Å². The van der Waals surface area contributed by atoms with Gasteiger partial charge in [-0.2, -0.15) is 0 Å². The summed E-state index contributed by atoms with van der Waals surface area (Å²) in [6.45, 7) is 3.21. The van der Waals surface area contributed by atoms with Gasteiger partial charge in [-0.05, 0) is 18.6 Å². The predicted octanol–water partition coefficient (Wildman–Crippen LogP) is 2.60. The first-order valence-corrected chi connectivity index (χ1v) is 4.32. The molecule has 4 heteroatoms. The standard InChI is InChI=1S/C9H13O2P.ClH/c1-8-4-2-3-5-9(8)10-6-7-11-12;/h2-5H,6-7,12H2,1H3;1H. The molecule has 1 unspecified atom stereocenters. The summed E-state index contributed by atoms with van der Waals surface area (Å²) < 4.78 is 10.2. The summed E-state index contributed by atoms with van der Waals surface area (Å²) in [6.07, 6.45) is 0. The molecule has 0 aliphatic rings. The van der Waals surface area contributed by atoms with Gasteiger partial charge in [0.25, 0.3) is 0 Å². The van der Waals surface area contributed by atoms with E-state index in [4.69, 9.17) is 9.26 Å². The molecular formula is C9H14ClO2P. The Hall–Kier alpha value is -0.300. The molecule has 13 heavy (non-hydrogen) atoms. The lowest BCUT2D eigenvalue weighted by atomic mass is 10.2. The molecule has 74 valence electrons. The molecule has 0 spiro atoms. The molecule has 0 amide bonds. The maximum Gasteiger partial charge on any atom is 0.122 e. The quantitative estimate of drug-likeness (QED) is 0.574. The molecule has 0 aliphatic carbocycles. The van der Waals surface area contributed by atoms with Gasteiger partial charge in [0, 0.05) is 9.47 Å². The van der Waals surface area contributed by atoms with Crippen molar-refractivity contribution < 1.29 is 9.26 Å². The van der Waals surface area contributed by atoms with Crippen molar-refractivity contribution in [2.24, 2.45) is 0 Å². The molecule has 2 nitrogen and oxygen atoms in total. The fraction of sp³-hybridized carbons (Fsp3) is 0.333. The topological polar surface area (TPSA) is 18.5 Å². The Labute approximate surface area is 87.3 Å². The van der Waals surface area contributed by atoms with E-state index in [-0.39, 0.29) is 12.4 Å². The predicted molar refractivity (Wildman–Crippen MR) is 59.6 cm³/mol. The van der Waals surface area contributed by atoms with Crippen molar-refractivity contribution in [3.63, 3.8) is 0 Å². The molecule has 0 saturated heterocycles. The van der Waals surface area contributed by atoms with E-state index < -0.39 is 0 Å². The molecule has 1 rings (SSSR count). The SMILES string of the molecule is Cc1ccccc1OCCOP.Cl. The van der Waals surface area contributed by atoms with Crippen LogP contribution in [0, 0.1) is 6.92 Å². The third kappa shape index (κ3) is 4.47. The highest BCUT2D eigenvalue weighted by Gasteiger charge is 1.95. The first-order valence-electron chi connectivity index (χ1n) is 3.84. The fourth-order valence-electron chi connectivity index (χ4n) is 0.918. The van der Waals surface area contributed by atoms with Gasteiger partial charge in [0.05, 0.1) is 6.61 Å². The smallest absolute Gasteiger partial charge is 0.122 e. The van der Waals surface area contributed by atoms with Gasteiger partial charge in [0.1, 0.15) is 12.4 Å². The van der Waals surface area contributed by atoms with E-state index >= 15 is 0 Å². The lowest BCUT2D eigenvalue weighted by Gasteiger charge is -2.07. The van der Waals surface area contributed by atoms with Gasteiger partial charge in [-0.3, -0.25) is 0 Å². The highest BCUT2D eigenvalue weighted by molar-refractivity contribution is 7.09. The highest BCUT2D eigenvalue weighted by atomic mass is 35.5. The minimum Gasteiger partial charge on any atom is -0.491 e. The number of rotatable bonds is 4. The zero-order chi connectivity index (χ0) is 8.81. The third-order valence-electron chi connectivity index (χ3n) is 1.55. The summed E-state index contributed by atoms with van der Waals surface area (Å²) in [6, 6.07) is 7.94. The number of hydrogen-bond acceptors (Lipinski definition) is 2. The minimum atomic E-state index is 0. The maximum absolute atomic E-state index is 5.44. The van der Waals surface area contributed by atoms with Crippen LogP contribution in [0.4, 0.5) is 0 Å². The van der Waals surface area contributed by atoms with Gasteiger partial charge in [-0.15, -0.1) is 12.4 Å². The number of para-hydroxylation sites is 1.